The highest BCUT2D eigenvalue weighted by Crippen LogP contribution is 2.53. The Labute approximate surface area is 186 Å². The van der Waals surface area contributed by atoms with Gasteiger partial charge in [0.1, 0.15) is 11.2 Å². The third-order valence-corrected chi connectivity index (χ3v) is 7.01. The summed E-state index contributed by atoms with van der Waals surface area (Å²) >= 11 is 0. The third-order valence-electron chi connectivity index (χ3n) is 7.01. The summed E-state index contributed by atoms with van der Waals surface area (Å²) in [4.78, 5) is 15.3. The molecule has 1 aliphatic heterocycles. The minimum Gasteiger partial charge on any atom is -0.456 e. The van der Waals surface area contributed by atoms with Crippen LogP contribution in [0.1, 0.15) is 31.4 Å². The Balaban J connectivity index is 1.64. The SMILES string of the molecule is CCC1(C)c2ccccc2N(c2ccc3c(=O)c4ccccc4oc3c2)c2ccccc21. The topological polar surface area (TPSA) is 33.5 Å². The van der Waals surface area contributed by atoms with E-state index in [1.54, 1.807) is 0 Å². The lowest BCUT2D eigenvalue weighted by atomic mass is 9.70. The molecule has 0 radical (unpaired) electrons. The van der Waals surface area contributed by atoms with E-state index >= 15 is 0 Å². The average molecular weight is 418 g/mol. The molecular weight excluding hydrogens is 394 g/mol. The molecule has 5 aromatic rings. The number of nitrogens with zero attached hydrogens (tertiary/aromatic N) is 1. The summed E-state index contributed by atoms with van der Waals surface area (Å²) in [5, 5.41) is 1.21. The largest absolute Gasteiger partial charge is 0.456 e. The number of hydrogen-bond donors (Lipinski definition) is 0. The Bertz CT molecular complexity index is 1520. The van der Waals surface area contributed by atoms with Gasteiger partial charge in [-0.05, 0) is 53.9 Å². The van der Waals surface area contributed by atoms with Crippen LogP contribution in [0.4, 0.5) is 17.1 Å². The van der Waals surface area contributed by atoms with Crippen molar-refractivity contribution in [3.63, 3.8) is 0 Å². The van der Waals surface area contributed by atoms with E-state index in [2.05, 4.69) is 67.3 Å². The molecule has 0 atom stereocenters. The fraction of sp³-hybridized carbons (Fsp3) is 0.138. The summed E-state index contributed by atoms with van der Waals surface area (Å²) in [7, 11) is 0. The van der Waals surface area contributed by atoms with Gasteiger partial charge in [0.05, 0.1) is 22.1 Å². The maximum atomic E-state index is 13.0. The molecule has 4 aromatic carbocycles. The van der Waals surface area contributed by atoms with Gasteiger partial charge in [0.15, 0.2) is 0 Å². The quantitative estimate of drug-likeness (QED) is 0.280. The van der Waals surface area contributed by atoms with Crippen molar-refractivity contribution in [2.24, 2.45) is 0 Å². The molecule has 1 aliphatic rings. The summed E-state index contributed by atoms with van der Waals surface area (Å²) in [6.45, 7) is 4.58. The van der Waals surface area contributed by atoms with Crippen molar-refractivity contribution in [2.75, 3.05) is 4.90 Å². The highest BCUT2D eigenvalue weighted by atomic mass is 16.3. The zero-order valence-corrected chi connectivity index (χ0v) is 18.1. The van der Waals surface area contributed by atoms with Crippen molar-refractivity contribution in [2.45, 2.75) is 25.7 Å². The second-order valence-corrected chi connectivity index (χ2v) is 8.66. The first-order chi connectivity index (χ1) is 15.6. The van der Waals surface area contributed by atoms with Crippen LogP contribution in [-0.4, -0.2) is 0 Å². The van der Waals surface area contributed by atoms with Crippen molar-refractivity contribution < 1.29 is 4.42 Å². The zero-order valence-electron chi connectivity index (χ0n) is 18.1. The normalized spacial score (nSPS) is 14.4. The van der Waals surface area contributed by atoms with Crippen LogP contribution in [0.25, 0.3) is 21.9 Å². The van der Waals surface area contributed by atoms with Crippen molar-refractivity contribution in [1.29, 1.82) is 0 Å². The van der Waals surface area contributed by atoms with E-state index in [0.717, 1.165) is 23.5 Å². The van der Waals surface area contributed by atoms with Crippen LogP contribution in [0.15, 0.2) is 100 Å². The van der Waals surface area contributed by atoms with Crippen LogP contribution in [-0.2, 0) is 5.41 Å². The number of rotatable bonds is 2. The van der Waals surface area contributed by atoms with Crippen LogP contribution >= 0.6 is 0 Å². The fourth-order valence-electron chi connectivity index (χ4n) is 5.13. The standard InChI is InChI=1S/C29H23NO2/c1-3-29(2)22-11-5-7-13-24(22)30(25-14-8-6-12-23(25)29)19-16-17-21-27(18-19)32-26-15-9-4-10-20(26)28(21)31/h4-18H,3H2,1-2H3. The van der Waals surface area contributed by atoms with Crippen molar-refractivity contribution in [3.05, 3.63) is 112 Å². The van der Waals surface area contributed by atoms with Crippen molar-refractivity contribution in [1.82, 2.24) is 0 Å². The van der Waals surface area contributed by atoms with E-state index in [1.807, 2.05) is 42.5 Å². The molecule has 0 fully saturated rings. The molecule has 3 nitrogen and oxygen atoms in total. The van der Waals surface area contributed by atoms with E-state index in [-0.39, 0.29) is 10.8 Å². The van der Waals surface area contributed by atoms with E-state index in [1.165, 1.54) is 11.1 Å². The highest BCUT2D eigenvalue weighted by molar-refractivity contribution is 5.94. The molecule has 0 unspecified atom stereocenters. The highest BCUT2D eigenvalue weighted by Gasteiger charge is 2.38. The summed E-state index contributed by atoms with van der Waals surface area (Å²) < 4.78 is 6.17. The Morgan fingerprint density at radius 1 is 0.750 bits per heavy atom. The maximum absolute atomic E-state index is 13.0. The first kappa shape index (κ1) is 18.9. The number of para-hydroxylation sites is 3. The van der Waals surface area contributed by atoms with Gasteiger partial charge in [-0.1, -0.05) is 62.4 Å². The Kier molecular flexibility index (Phi) is 4.03. The van der Waals surface area contributed by atoms with E-state index in [9.17, 15) is 4.79 Å². The van der Waals surface area contributed by atoms with Gasteiger partial charge in [-0.15, -0.1) is 0 Å². The van der Waals surface area contributed by atoms with Crippen molar-refractivity contribution in [3.8, 4) is 0 Å². The molecule has 0 saturated carbocycles. The Hall–Kier alpha value is -3.85. The number of anilines is 3. The molecule has 0 aliphatic carbocycles. The predicted octanol–water partition coefficient (Wildman–Crippen LogP) is 7.45. The number of fused-ring (bicyclic) bond motifs is 4. The lowest BCUT2D eigenvalue weighted by Crippen LogP contribution is -2.32. The molecule has 0 spiro atoms. The van der Waals surface area contributed by atoms with Gasteiger partial charge in [-0.2, -0.15) is 0 Å². The van der Waals surface area contributed by atoms with Crippen LogP contribution in [0.3, 0.4) is 0 Å². The molecule has 2 heterocycles. The summed E-state index contributed by atoms with van der Waals surface area (Å²) in [6.07, 6.45) is 1.01. The summed E-state index contributed by atoms with van der Waals surface area (Å²) in [5.41, 5.74) is 7.08. The van der Waals surface area contributed by atoms with Crippen LogP contribution in [0.5, 0.6) is 0 Å². The van der Waals surface area contributed by atoms with E-state index < -0.39 is 0 Å². The number of benzene rings is 4. The maximum Gasteiger partial charge on any atom is 0.200 e. The smallest absolute Gasteiger partial charge is 0.200 e. The van der Waals surface area contributed by atoms with Gasteiger partial charge < -0.3 is 9.32 Å². The van der Waals surface area contributed by atoms with E-state index in [0.29, 0.717) is 21.9 Å². The molecule has 0 saturated heterocycles. The molecule has 3 heteroatoms. The molecule has 32 heavy (non-hydrogen) atoms. The molecule has 0 N–H and O–H groups in total. The van der Waals surface area contributed by atoms with Gasteiger partial charge in [0.2, 0.25) is 5.43 Å². The Morgan fingerprint density at radius 2 is 1.34 bits per heavy atom. The van der Waals surface area contributed by atoms with Crippen LogP contribution in [0.2, 0.25) is 0 Å². The van der Waals surface area contributed by atoms with E-state index in [4.69, 9.17) is 4.42 Å². The molecule has 1 aromatic heterocycles. The van der Waals surface area contributed by atoms with Gasteiger partial charge in [-0.25, -0.2) is 0 Å². The van der Waals surface area contributed by atoms with Crippen LogP contribution in [0, 0.1) is 0 Å². The first-order valence-electron chi connectivity index (χ1n) is 11.1. The monoisotopic (exact) mass is 417 g/mol. The molecule has 0 bridgehead atoms. The lowest BCUT2D eigenvalue weighted by molar-refractivity contribution is 0.544. The zero-order chi connectivity index (χ0) is 21.9. The van der Waals surface area contributed by atoms with Gasteiger partial charge in [0.25, 0.3) is 0 Å². The second-order valence-electron chi connectivity index (χ2n) is 8.66. The van der Waals surface area contributed by atoms with Gasteiger partial charge in [-0.3, -0.25) is 4.79 Å². The Morgan fingerprint density at radius 3 is 2.03 bits per heavy atom. The molecule has 0 amide bonds. The summed E-state index contributed by atoms with van der Waals surface area (Å²) in [5.74, 6) is 0. The van der Waals surface area contributed by atoms with Crippen LogP contribution < -0.4 is 10.3 Å². The molecular formula is C29H23NO2. The average Bonchev–Trinajstić information content (AvgIpc) is 2.84. The van der Waals surface area contributed by atoms with Gasteiger partial charge >= 0.3 is 0 Å². The third kappa shape index (κ3) is 2.51. The number of hydrogen-bond acceptors (Lipinski definition) is 3. The molecule has 156 valence electrons. The summed E-state index contributed by atoms with van der Waals surface area (Å²) in [6, 6.07) is 30.6. The molecule has 6 rings (SSSR count). The van der Waals surface area contributed by atoms with Gasteiger partial charge in [0, 0.05) is 17.2 Å². The first-order valence-corrected chi connectivity index (χ1v) is 11.1. The van der Waals surface area contributed by atoms with Crippen molar-refractivity contribution >= 4 is 39.0 Å². The fourth-order valence-corrected chi connectivity index (χ4v) is 5.13. The lowest BCUT2D eigenvalue weighted by Gasteiger charge is -2.43. The predicted molar refractivity (Wildman–Crippen MR) is 131 cm³/mol. The minimum atomic E-state index is -0.0662. The minimum absolute atomic E-state index is 0.00593. The second kappa shape index (κ2) is 6.83.